The Bertz CT molecular complexity index is 726. The van der Waals surface area contributed by atoms with Crippen LogP contribution in [-0.4, -0.2) is 12.1 Å². The van der Waals surface area contributed by atoms with E-state index in [2.05, 4.69) is 40.6 Å². The number of fused-ring (bicyclic) bond motifs is 1. The van der Waals surface area contributed by atoms with Gasteiger partial charge in [-0.15, -0.1) is 0 Å². The summed E-state index contributed by atoms with van der Waals surface area (Å²) < 4.78 is 5.25. The number of nitrogens with zero attached hydrogens (tertiary/aromatic N) is 1. The van der Waals surface area contributed by atoms with E-state index in [4.69, 9.17) is 4.74 Å². The zero-order valence-corrected chi connectivity index (χ0v) is 12.0. The first-order valence-electron chi connectivity index (χ1n) is 7.02. The second-order valence-electron chi connectivity index (χ2n) is 4.97. The summed E-state index contributed by atoms with van der Waals surface area (Å²) >= 11 is 0. The van der Waals surface area contributed by atoms with Gasteiger partial charge < -0.3 is 10.1 Å². The van der Waals surface area contributed by atoms with E-state index in [1.165, 1.54) is 16.3 Å². The molecular formula is C18H18N2O. The molecule has 0 aliphatic carbocycles. The van der Waals surface area contributed by atoms with Crippen LogP contribution in [0.15, 0.2) is 60.8 Å². The third-order valence-electron chi connectivity index (χ3n) is 3.47. The first kappa shape index (κ1) is 13.6. The van der Waals surface area contributed by atoms with Gasteiger partial charge in [-0.25, -0.2) is 0 Å². The van der Waals surface area contributed by atoms with Crippen LogP contribution >= 0.6 is 0 Å². The maximum Gasteiger partial charge on any atom is 0.119 e. The minimum absolute atomic E-state index is 0.779. The molecular weight excluding hydrogens is 260 g/mol. The van der Waals surface area contributed by atoms with Crippen molar-refractivity contribution >= 4 is 10.8 Å². The maximum absolute atomic E-state index is 5.25. The molecule has 0 unspecified atom stereocenters. The van der Waals surface area contributed by atoms with Crippen LogP contribution in [0.2, 0.25) is 0 Å². The molecule has 0 saturated heterocycles. The second-order valence-corrected chi connectivity index (χ2v) is 4.97. The van der Waals surface area contributed by atoms with Crippen molar-refractivity contribution in [3.05, 3.63) is 72.1 Å². The summed E-state index contributed by atoms with van der Waals surface area (Å²) in [6.45, 7) is 1.61. The molecule has 3 rings (SSSR count). The third-order valence-corrected chi connectivity index (χ3v) is 3.47. The van der Waals surface area contributed by atoms with Gasteiger partial charge in [0.05, 0.1) is 12.8 Å². The van der Waals surface area contributed by atoms with Crippen molar-refractivity contribution in [2.24, 2.45) is 0 Å². The van der Waals surface area contributed by atoms with E-state index < -0.39 is 0 Å². The number of hydrogen-bond acceptors (Lipinski definition) is 3. The predicted molar refractivity (Wildman–Crippen MR) is 85.3 cm³/mol. The van der Waals surface area contributed by atoms with Gasteiger partial charge >= 0.3 is 0 Å². The Kier molecular flexibility index (Phi) is 4.12. The van der Waals surface area contributed by atoms with Gasteiger partial charge in [0.15, 0.2) is 0 Å². The number of hydrogen-bond donors (Lipinski definition) is 1. The number of aromatic nitrogens is 1. The van der Waals surface area contributed by atoms with Gasteiger partial charge in [0.2, 0.25) is 0 Å². The molecule has 0 spiro atoms. The minimum atomic E-state index is 0.779. The number of nitrogens with one attached hydrogen (secondary N) is 1. The van der Waals surface area contributed by atoms with Gasteiger partial charge in [0, 0.05) is 19.3 Å². The lowest BCUT2D eigenvalue weighted by Gasteiger charge is -2.07. The topological polar surface area (TPSA) is 34.1 Å². The SMILES string of the molecule is COc1ccc2cc(CNCc3ccccn3)ccc2c1. The maximum atomic E-state index is 5.25. The van der Waals surface area contributed by atoms with E-state index in [0.29, 0.717) is 0 Å². The number of ether oxygens (including phenoxy) is 1. The Morgan fingerprint density at radius 3 is 2.62 bits per heavy atom. The van der Waals surface area contributed by atoms with Crippen LogP contribution in [0.25, 0.3) is 10.8 Å². The fourth-order valence-corrected chi connectivity index (χ4v) is 2.35. The number of benzene rings is 2. The summed E-state index contributed by atoms with van der Waals surface area (Å²) in [7, 11) is 1.69. The average Bonchev–Trinajstić information content (AvgIpc) is 2.55. The number of rotatable bonds is 5. The van der Waals surface area contributed by atoms with Crippen molar-refractivity contribution in [2.45, 2.75) is 13.1 Å². The fraction of sp³-hybridized carbons (Fsp3) is 0.167. The van der Waals surface area contributed by atoms with Crippen LogP contribution in [0.5, 0.6) is 5.75 Å². The van der Waals surface area contributed by atoms with E-state index in [0.717, 1.165) is 24.5 Å². The van der Waals surface area contributed by atoms with Gasteiger partial charge in [0.1, 0.15) is 5.75 Å². The molecule has 0 radical (unpaired) electrons. The Morgan fingerprint density at radius 1 is 0.952 bits per heavy atom. The standard InChI is InChI=1S/C18H18N2O/c1-21-18-8-7-15-10-14(5-6-16(15)11-18)12-19-13-17-4-2-3-9-20-17/h2-11,19H,12-13H2,1H3. The molecule has 3 aromatic rings. The average molecular weight is 278 g/mol. The fourth-order valence-electron chi connectivity index (χ4n) is 2.35. The lowest BCUT2D eigenvalue weighted by Crippen LogP contribution is -2.13. The van der Waals surface area contributed by atoms with Gasteiger partial charge in [-0.05, 0) is 46.7 Å². The molecule has 0 aliphatic heterocycles. The van der Waals surface area contributed by atoms with Crippen molar-refractivity contribution < 1.29 is 4.74 Å². The zero-order valence-electron chi connectivity index (χ0n) is 12.0. The highest BCUT2D eigenvalue weighted by molar-refractivity contribution is 5.84. The van der Waals surface area contributed by atoms with Crippen molar-refractivity contribution in [3.63, 3.8) is 0 Å². The van der Waals surface area contributed by atoms with Crippen molar-refractivity contribution in [1.82, 2.24) is 10.3 Å². The Morgan fingerprint density at radius 2 is 1.81 bits per heavy atom. The van der Waals surface area contributed by atoms with Crippen molar-refractivity contribution in [1.29, 1.82) is 0 Å². The predicted octanol–water partition coefficient (Wildman–Crippen LogP) is 3.53. The summed E-state index contributed by atoms with van der Waals surface area (Å²) in [6, 6.07) is 18.6. The first-order valence-corrected chi connectivity index (χ1v) is 7.02. The van der Waals surface area contributed by atoms with Crippen LogP contribution in [0, 0.1) is 0 Å². The van der Waals surface area contributed by atoms with E-state index >= 15 is 0 Å². The van der Waals surface area contributed by atoms with Gasteiger partial charge in [-0.2, -0.15) is 0 Å². The molecule has 2 aromatic carbocycles. The van der Waals surface area contributed by atoms with Gasteiger partial charge in [0.25, 0.3) is 0 Å². The Hall–Kier alpha value is -2.39. The molecule has 1 heterocycles. The van der Waals surface area contributed by atoms with Crippen LogP contribution in [-0.2, 0) is 13.1 Å². The smallest absolute Gasteiger partial charge is 0.119 e. The van der Waals surface area contributed by atoms with E-state index in [1.807, 2.05) is 30.5 Å². The molecule has 0 bridgehead atoms. The third kappa shape index (κ3) is 3.38. The lowest BCUT2D eigenvalue weighted by atomic mass is 10.1. The van der Waals surface area contributed by atoms with Gasteiger partial charge in [-0.1, -0.05) is 24.3 Å². The quantitative estimate of drug-likeness (QED) is 0.775. The monoisotopic (exact) mass is 278 g/mol. The van der Waals surface area contributed by atoms with E-state index in [9.17, 15) is 0 Å². The van der Waals surface area contributed by atoms with Crippen LogP contribution < -0.4 is 10.1 Å². The lowest BCUT2D eigenvalue weighted by molar-refractivity contribution is 0.415. The summed E-state index contributed by atoms with van der Waals surface area (Å²) in [4.78, 5) is 4.30. The van der Waals surface area contributed by atoms with Crippen LogP contribution in [0.4, 0.5) is 0 Å². The molecule has 1 N–H and O–H groups in total. The van der Waals surface area contributed by atoms with Gasteiger partial charge in [-0.3, -0.25) is 4.98 Å². The first-order chi connectivity index (χ1) is 10.3. The van der Waals surface area contributed by atoms with E-state index in [1.54, 1.807) is 7.11 Å². The molecule has 1 aromatic heterocycles. The number of methoxy groups -OCH3 is 1. The van der Waals surface area contributed by atoms with Crippen molar-refractivity contribution in [2.75, 3.05) is 7.11 Å². The molecule has 3 heteroatoms. The normalized spacial score (nSPS) is 10.7. The highest BCUT2D eigenvalue weighted by Crippen LogP contribution is 2.21. The van der Waals surface area contributed by atoms with Crippen LogP contribution in [0.3, 0.4) is 0 Å². The molecule has 0 aliphatic rings. The molecule has 0 amide bonds. The molecule has 3 nitrogen and oxygen atoms in total. The van der Waals surface area contributed by atoms with Crippen LogP contribution in [0.1, 0.15) is 11.3 Å². The molecule has 0 saturated carbocycles. The Balaban J connectivity index is 1.67. The van der Waals surface area contributed by atoms with E-state index in [-0.39, 0.29) is 0 Å². The molecule has 21 heavy (non-hydrogen) atoms. The molecule has 106 valence electrons. The number of pyridine rings is 1. The molecule has 0 fully saturated rings. The highest BCUT2D eigenvalue weighted by Gasteiger charge is 1.99. The summed E-state index contributed by atoms with van der Waals surface area (Å²) in [5.41, 5.74) is 2.33. The largest absolute Gasteiger partial charge is 0.497 e. The summed E-state index contributed by atoms with van der Waals surface area (Å²) in [5, 5.41) is 5.84. The summed E-state index contributed by atoms with van der Waals surface area (Å²) in [6.07, 6.45) is 1.82. The minimum Gasteiger partial charge on any atom is -0.497 e. The highest BCUT2D eigenvalue weighted by atomic mass is 16.5. The van der Waals surface area contributed by atoms with Crippen molar-refractivity contribution in [3.8, 4) is 5.75 Å². The molecule has 0 atom stereocenters. The summed E-state index contributed by atoms with van der Waals surface area (Å²) in [5.74, 6) is 0.892. The second kappa shape index (κ2) is 6.37. The zero-order chi connectivity index (χ0) is 14.5. The Labute approximate surface area is 124 Å².